The third-order valence-electron chi connectivity index (χ3n) is 2.35. The van der Waals surface area contributed by atoms with Crippen molar-refractivity contribution >= 4 is 29.3 Å². The van der Waals surface area contributed by atoms with Crippen LogP contribution in [0.2, 0.25) is 5.02 Å². The number of halogens is 1. The Kier molecular flexibility index (Phi) is 6.54. The van der Waals surface area contributed by atoms with Crippen molar-refractivity contribution < 1.29 is 4.79 Å². The number of nitrogens with zero attached hydrogens (tertiary/aromatic N) is 1. The van der Waals surface area contributed by atoms with Gasteiger partial charge in [-0.1, -0.05) is 11.6 Å². The molecule has 1 amide bonds. The largest absolute Gasteiger partial charge is 0.354 e. The van der Waals surface area contributed by atoms with E-state index in [4.69, 9.17) is 11.6 Å². The zero-order valence-electron chi connectivity index (χ0n) is 10.9. The van der Waals surface area contributed by atoms with E-state index in [2.05, 4.69) is 5.32 Å². The van der Waals surface area contributed by atoms with Gasteiger partial charge in [0.05, 0.1) is 5.25 Å². The predicted molar refractivity (Wildman–Crippen MR) is 78.3 cm³/mol. The fraction of sp³-hybridized carbons (Fsp3) is 0.462. The average molecular weight is 287 g/mol. The van der Waals surface area contributed by atoms with E-state index < -0.39 is 0 Å². The van der Waals surface area contributed by atoms with Crippen LogP contribution in [0.5, 0.6) is 0 Å². The van der Waals surface area contributed by atoms with Crippen molar-refractivity contribution in [1.82, 2.24) is 10.2 Å². The maximum atomic E-state index is 11.8. The Hall–Kier alpha value is -0.710. The summed E-state index contributed by atoms with van der Waals surface area (Å²) in [5.41, 5.74) is 0. The summed E-state index contributed by atoms with van der Waals surface area (Å²) in [6.07, 6.45) is 0. The van der Waals surface area contributed by atoms with Crippen LogP contribution in [0.25, 0.3) is 0 Å². The molecule has 1 N–H and O–H groups in total. The second kappa shape index (κ2) is 7.67. The van der Waals surface area contributed by atoms with E-state index in [-0.39, 0.29) is 11.2 Å². The molecule has 1 atom stereocenters. The van der Waals surface area contributed by atoms with Crippen molar-refractivity contribution in [2.45, 2.75) is 17.1 Å². The summed E-state index contributed by atoms with van der Waals surface area (Å²) in [6, 6.07) is 7.52. The zero-order chi connectivity index (χ0) is 13.5. The lowest BCUT2D eigenvalue weighted by atomic mass is 10.4. The van der Waals surface area contributed by atoms with Crippen molar-refractivity contribution in [3.63, 3.8) is 0 Å². The van der Waals surface area contributed by atoms with Gasteiger partial charge in [-0.25, -0.2) is 0 Å². The van der Waals surface area contributed by atoms with Gasteiger partial charge in [0.15, 0.2) is 0 Å². The molecular weight excluding hydrogens is 268 g/mol. The molecule has 0 fully saturated rings. The highest BCUT2D eigenvalue weighted by Crippen LogP contribution is 2.24. The van der Waals surface area contributed by atoms with Crippen LogP contribution in [0.3, 0.4) is 0 Å². The Bertz CT molecular complexity index is 381. The van der Waals surface area contributed by atoms with Gasteiger partial charge >= 0.3 is 0 Å². The lowest BCUT2D eigenvalue weighted by Gasteiger charge is -2.14. The number of rotatable bonds is 6. The fourth-order valence-electron chi connectivity index (χ4n) is 1.32. The number of carbonyl (C=O) groups excluding carboxylic acids is 1. The molecular formula is C13H19ClN2OS. The highest BCUT2D eigenvalue weighted by atomic mass is 35.5. The second-order valence-electron chi connectivity index (χ2n) is 4.31. The molecule has 0 radical (unpaired) electrons. The third kappa shape index (κ3) is 5.76. The third-order valence-corrected chi connectivity index (χ3v) is 3.72. The first kappa shape index (κ1) is 15.3. The minimum atomic E-state index is -0.103. The fourth-order valence-corrected chi connectivity index (χ4v) is 2.34. The van der Waals surface area contributed by atoms with E-state index in [1.54, 1.807) is 0 Å². The Morgan fingerprint density at radius 3 is 2.56 bits per heavy atom. The minimum absolute atomic E-state index is 0.0665. The normalized spacial score (nSPS) is 12.5. The van der Waals surface area contributed by atoms with E-state index >= 15 is 0 Å². The Morgan fingerprint density at radius 1 is 1.39 bits per heavy atom. The molecule has 0 saturated carbocycles. The predicted octanol–water partition coefficient (Wildman–Crippen LogP) is 2.50. The van der Waals surface area contributed by atoms with E-state index in [0.29, 0.717) is 11.6 Å². The number of nitrogens with one attached hydrogen (secondary N) is 1. The Labute approximate surface area is 118 Å². The average Bonchev–Trinajstić information content (AvgIpc) is 2.31. The molecule has 0 aliphatic heterocycles. The van der Waals surface area contributed by atoms with Crippen molar-refractivity contribution in [1.29, 1.82) is 0 Å². The molecule has 0 aliphatic carbocycles. The highest BCUT2D eigenvalue weighted by Gasteiger charge is 2.13. The van der Waals surface area contributed by atoms with E-state index in [1.165, 1.54) is 11.8 Å². The van der Waals surface area contributed by atoms with Crippen LogP contribution in [0, 0.1) is 0 Å². The molecule has 5 heteroatoms. The molecule has 0 aromatic heterocycles. The number of hydrogen-bond donors (Lipinski definition) is 1. The number of carbonyl (C=O) groups is 1. The van der Waals surface area contributed by atoms with Gasteiger partial charge in [0, 0.05) is 23.0 Å². The number of likely N-dealkylation sites (N-methyl/N-ethyl adjacent to an activating group) is 1. The number of benzene rings is 1. The molecule has 3 nitrogen and oxygen atoms in total. The monoisotopic (exact) mass is 286 g/mol. The first-order valence-electron chi connectivity index (χ1n) is 5.83. The van der Waals surface area contributed by atoms with E-state index in [1.807, 2.05) is 50.2 Å². The first-order valence-corrected chi connectivity index (χ1v) is 7.09. The summed E-state index contributed by atoms with van der Waals surface area (Å²) < 4.78 is 0. The van der Waals surface area contributed by atoms with Crippen LogP contribution in [-0.4, -0.2) is 43.2 Å². The summed E-state index contributed by atoms with van der Waals surface area (Å²) in [6.45, 7) is 3.44. The number of thioether (sulfide) groups is 1. The van der Waals surface area contributed by atoms with Crippen molar-refractivity contribution in [3.05, 3.63) is 29.3 Å². The van der Waals surface area contributed by atoms with Gasteiger partial charge in [-0.05, 0) is 45.3 Å². The molecule has 0 heterocycles. The summed E-state index contributed by atoms with van der Waals surface area (Å²) in [5.74, 6) is 0.0665. The molecule has 1 aromatic carbocycles. The maximum absolute atomic E-state index is 11.8. The van der Waals surface area contributed by atoms with Crippen LogP contribution < -0.4 is 5.32 Å². The molecule has 0 aliphatic rings. The summed E-state index contributed by atoms with van der Waals surface area (Å²) >= 11 is 7.35. The van der Waals surface area contributed by atoms with Gasteiger partial charge in [0.1, 0.15) is 0 Å². The molecule has 18 heavy (non-hydrogen) atoms. The first-order chi connectivity index (χ1) is 8.49. The summed E-state index contributed by atoms with van der Waals surface area (Å²) in [4.78, 5) is 14.9. The molecule has 0 spiro atoms. The topological polar surface area (TPSA) is 32.3 Å². The molecule has 1 rings (SSSR count). The van der Waals surface area contributed by atoms with E-state index in [0.717, 1.165) is 11.4 Å². The van der Waals surface area contributed by atoms with Crippen LogP contribution in [-0.2, 0) is 4.79 Å². The van der Waals surface area contributed by atoms with Crippen LogP contribution >= 0.6 is 23.4 Å². The van der Waals surface area contributed by atoms with Crippen LogP contribution in [0.1, 0.15) is 6.92 Å². The molecule has 0 bridgehead atoms. The van der Waals surface area contributed by atoms with Gasteiger partial charge < -0.3 is 10.2 Å². The van der Waals surface area contributed by atoms with Gasteiger partial charge in [0.25, 0.3) is 0 Å². The van der Waals surface area contributed by atoms with Crippen LogP contribution in [0.15, 0.2) is 29.2 Å². The molecule has 0 saturated heterocycles. The van der Waals surface area contributed by atoms with Gasteiger partial charge in [-0.3, -0.25) is 4.79 Å². The van der Waals surface area contributed by atoms with Gasteiger partial charge in [0.2, 0.25) is 5.91 Å². The van der Waals surface area contributed by atoms with E-state index in [9.17, 15) is 4.79 Å². The lowest BCUT2D eigenvalue weighted by Crippen LogP contribution is -2.35. The SMILES string of the molecule is C[C@H](Sc1ccc(Cl)cc1)C(=O)NCCN(C)C. The quantitative estimate of drug-likeness (QED) is 0.816. The number of hydrogen-bond acceptors (Lipinski definition) is 3. The number of amides is 1. The molecule has 0 unspecified atom stereocenters. The summed E-state index contributed by atoms with van der Waals surface area (Å²) in [7, 11) is 3.97. The minimum Gasteiger partial charge on any atom is -0.354 e. The van der Waals surface area contributed by atoms with Crippen molar-refractivity contribution in [2.75, 3.05) is 27.2 Å². The lowest BCUT2D eigenvalue weighted by molar-refractivity contribution is -0.120. The maximum Gasteiger partial charge on any atom is 0.233 e. The van der Waals surface area contributed by atoms with Crippen molar-refractivity contribution in [2.24, 2.45) is 0 Å². The summed E-state index contributed by atoms with van der Waals surface area (Å²) in [5, 5.41) is 3.53. The standard InChI is InChI=1S/C13H19ClN2OS/c1-10(13(17)15-8-9-16(2)3)18-12-6-4-11(14)5-7-12/h4-7,10H,8-9H2,1-3H3,(H,15,17)/t10-/m0/s1. The van der Waals surface area contributed by atoms with Crippen molar-refractivity contribution in [3.8, 4) is 0 Å². The Balaban J connectivity index is 2.37. The molecule has 1 aromatic rings. The smallest absolute Gasteiger partial charge is 0.233 e. The van der Waals surface area contributed by atoms with Gasteiger partial charge in [-0.15, -0.1) is 11.8 Å². The second-order valence-corrected chi connectivity index (χ2v) is 6.16. The highest BCUT2D eigenvalue weighted by molar-refractivity contribution is 8.00. The van der Waals surface area contributed by atoms with Crippen LogP contribution in [0.4, 0.5) is 0 Å². The Morgan fingerprint density at radius 2 is 2.00 bits per heavy atom. The van der Waals surface area contributed by atoms with Gasteiger partial charge in [-0.2, -0.15) is 0 Å². The zero-order valence-corrected chi connectivity index (χ0v) is 12.5. The molecule has 100 valence electrons.